The Kier molecular flexibility index (Phi) is 9.10. The molecule has 0 heterocycles. The number of Topliss-reactive ketones (excluding diaryl/α,β-unsaturated/α-hetero) is 1. The SMILES string of the molecule is CCCCC[C@@H]1C(=O)C[C@@H](O)[C@@H]1/C=C/[C@H](O)CCCCC(=O)O. The first-order valence-electron chi connectivity index (χ1n) is 8.74. The fraction of sp³-hybridized carbons (Fsp3) is 0.778. The normalized spacial score (nSPS) is 26.0. The number of carbonyl (C=O) groups is 2. The largest absolute Gasteiger partial charge is 0.481 e. The van der Waals surface area contributed by atoms with E-state index >= 15 is 0 Å². The molecule has 3 N–H and O–H groups in total. The summed E-state index contributed by atoms with van der Waals surface area (Å²) in [5.41, 5.74) is 0. The fourth-order valence-corrected chi connectivity index (χ4v) is 3.19. The van der Waals surface area contributed by atoms with Gasteiger partial charge in [0.2, 0.25) is 0 Å². The minimum absolute atomic E-state index is 0.117. The van der Waals surface area contributed by atoms with E-state index in [2.05, 4.69) is 6.92 Å². The van der Waals surface area contributed by atoms with E-state index in [1.165, 1.54) is 0 Å². The number of aliphatic carboxylic acids is 1. The molecule has 1 rings (SSSR count). The zero-order chi connectivity index (χ0) is 17.2. The number of hydrogen-bond donors (Lipinski definition) is 3. The van der Waals surface area contributed by atoms with Crippen LogP contribution in [0.4, 0.5) is 0 Å². The van der Waals surface area contributed by atoms with Gasteiger partial charge in [-0.25, -0.2) is 0 Å². The van der Waals surface area contributed by atoms with Crippen LogP contribution < -0.4 is 0 Å². The Morgan fingerprint density at radius 1 is 1.30 bits per heavy atom. The maximum atomic E-state index is 12.0. The molecule has 0 aromatic heterocycles. The molecule has 132 valence electrons. The van der Waals surface area contributed by atoms with Crippen LogP contribution >= 0.6 is 0 Å². The fourth-order valence-electron chi connectivity index (χ4n) is 3.19. The van der Waals surface area contributed by atoms with Crippen LogP contribution in [0.1, 0.15) is 64.7 Å². The highest BCUT2D eigenvalue weighted by Crippen LogP contribution is 2.34. The van der Waals surface area contributed by atoms with E-state index in [0.29, 0.717) is 19.3 Å². The van der Waals surface area contributed by atoms with E-state index < -0.39 is 18.2 Å². The predicted molar refractivity (Wildman–Crippen MR) is 88.0 cm³/mol. The minimum atomic E-state index is -0.822. The van der Waals surface area contributed by atoms with Gasteiger partial charge in [0, 0.05) is 24.7 Å². The van der Waals surface area contributed by atoms with Gasteiger partial charge >= 0.3 is 5.97 Å². The lowest BCUT2D eigenvalue weighted by Gasteiger charge is -2.18. The van der Waals surface area contributed by atoms with Crippen molar-refractivity contribution in [1.82, 2.24) is 0 Å². The van der Waals surface area contributed by atoms with Crippen LogP contribution in [0.2, 0.25) is 0 Å². The summed E-state index contributed by atoms with van der Waals surface area (Å²) < 4.78 is 0. The molecule has 0 unspecified atom stereocenters. The van der Waals surface area contributed by atoms with Gasteiger partial charge in [-0.3, -0.25) is 9.59 Å². The number of carboxylic acids is 1. The second kappa shape index (κ2) is 10.6. The van der Waals surface area contributed by atoms with E-state index in [4.69, 9.17) is 5.11 Å². The molecule has 0 aromatic carbocycles. The van der Waals surface area contributed by atoms with E-state index in [1.807, 2.05) is 0 Å². The zero-order valence-electron chi connectivity index (χ0n) is 14.0. The van der Waals surface area contributed by atoms with E-state index in [1.54, 1.807) is 12.2 Å². The Morgan fingerprint density at radius 2 is 2.04 bits per heavy atom. The average molecular weight is 326 g/mol. The Morgan fingerprint density at radius 3 is 2.70 bits per heavy atom. The Balaban J connectivity index is 2.44. The molecule has 5 heteroatoms. The summed E-state index contributed by atoms with van der Waals surface area (Å²) in [5.74, 6) is -1.03. The van der Waals surface area contributed by atoms with Gasteiger partial charge in [-0.05, 0) is 25.7 Å². The van der Waals surface area contributed by atoms with Crippen molar-refractivity contribution in [3.8, 4) is 0 Å². The molecule has 0 amide bonds. The first kappa shape index (κ1) is 19.8. The van der Waals surface area contributed by atoms with Gasteiger partial charge < -0.3 is 15.3 Å². The molecule has 1 aliphatic carbocycles. The van der Waals surface area contributed by atoms with Crippen molar-refractivity contribution in [3.63, 3.8) is 0 Å². The zero-order valence-corrected chi connectivity index (χ0v) is 14.0. The number of hydrogen-bond acceptors (Lipinski definition) is 4. The lowest BCUT2D eigenvalue weighted by Crippen LogP contribution is -2.19. The number of rotatable bonds is 11. The van der Waals surface area contributed by atoms with Gasteiger partial charge in [-0.15, -0.1) is 0 Å². The van der Waals surface area contributed by atoms with Gasteiger partial charge in [0.25, 0.3) is 0 Å². The maximum absolute atomic E-state index is 12.0. The van der Waals surface area contributed by atoms with Crippen LogP contribution in [0.15, 0.2) is 12.2 Å². The lowest BCUT2D eigenvalue weighted by molar-refractivity contribution is -0.137. The molecule has 0 bridgehead atoms. The molecular weight excluding hydrogens is 296 g/mol. The molecular formula is C18H30O5. The monoisotopic (exact) mass is 326 g/mol. The van der Waals surface area contributed by atoms with Crippen molar-refractivity contribution in [2.24, 2.45) is 11.8 Å². The summed E-state index contributed by atoms with van der Waals surface area (Å²) >= 11 is 0. The number of unbranched alkanes of at least 4 members (excludes halogenated alkanes) is 3. The molecule has 0 aliphatic heterocycles. The van der Waals surface area contributed by atoms with Crippen molar-refractivity contribution in [2.45, 2.75) is 76.9 Å². The van der Waals surface area contributed by atoms with E-state index in [0.717, 1.165) is 25.7 Å². The van der Waals surface area contributed by atoms with E-state index in [-0.39, 0.29) is 30.5 Å². The Labute approximate surface area is 138 Å². The van der Waals surface area contributed by atoms with Crippen LogP contribution in [0.3, 0.4) is 0 Å². The third kappa shape index (κ3) is 7.27. The molecule has 0 spiro atoms. The molecule has 23 heavy (non-hydrogen) atoms. The van der Waals surface area contributed by atoms with Crippen LogP contribution in [0, 0.1) is 11.8 Å². The smallest absolute Gasteiger partial charge is 0.303 e. The molecule has 0 aromatic rings. The van der Waals surface area contributed by atoms with Crippen LogP contribution in [-0.4, -0.2) is 39.3 Å². The summed E-state index contributed by atoms with van der Waals surface area (Å²) in [6.45, 7) is 2.11. The summed E-state index contributed by atoms with van der Waals surface area (Å²) in [4.78, 5) is 22.4. The van der Waals surface area contributed by atoms with Crippen molar-refractivity contribution in [1.29, 1.82) is 0 Å². The van der Waals surface area contributed by atoms with Crippen molar-refractivity contribution in [3.05, 3.63) is 12.2 Å². The Hall–Kier alpha value is -1.20. The van der Waals surface area contributed by atoms with Crippen molar-refractivity contribution >= 4 is 11.8 Å². The molecule has 5 nitrogen and oxygen atoms in total. The molecule has 1 fully saturated rings. The first-order chi connectivity index (χ1) is 11.0. The molecule has 1 saturated carbocycles. The van der Waals surface area contributed by atoms with Gasteiger partial charge in [-0.1, -0.05) is 38.3 Å². The van der Waals surface area contributed by atoms with Gasteiger partial charge in [0.05, 0.1) is 12.2 Å². The summed E-state index contributed by atoms with van der Waals surface area (Å²) in [5, 5.41) is 28.5. The topological polar surface area (TPSA) is 94.8 Å². The number of ketones is 1. The molecule has 0 radical (unpaired) electrons. The van der Waals surface area contributed by atoms with E-state index in [9.17, 15) is 19.8 Å². The van der Waals surface area contributed by atoms with Crippen molar-refractivity contribution < 1.29 is 24.9 Å². The van der Waals surface area contributed by atoms with Crippen LogP contribution in [0.25, 0.3) is 0 Å². The minimum Gasteiger partial charge on any atom is -0.481 e. The van der Waals surface area contributed by atoms with Gasteiger partial charge in [0.15, 0.2) is 0 Å². The third-order valence-electron chi connectivity index (χ3n) is 4.55. The summed E-state index contributed by atoms with van der Waals surface area (Å²) in [7, 11) is 0. The molecule has 0 saturated heterocycles. The second-order valence-electron chi connectivity index (χ2n) is 6.51. The standard InChI is InChI=1S/C18H30O5/c1-2-3-4-8-14-15(17(21)12-16(14)20)11-10-13(19)7-5-6-9-18(22)23/h10-11,13-15,17,19,21H,2-9,12H2,1H3,(H,22,23)/b11-10+/t13-,14+,15-,17-/m1/s1. The summed E-state index contributed by atoms with van der Waals surface area (Å²) in [6, 6.07) is 0. The molecule has 1 aliphatic rings. The quantitative estimate of drug-likeness (QED) is 0.401. The number of carboxylic acid groups (broad SMARTS) is 1. The highest BCUT2D eigenvalue weighted by Gasteiger charge is 2.39. The highest BCUT2D eigenvalue weighted by atomic mass is 16.4. The van der Waals surface area contributed by atoms with Crippen molar-refractivity contribution in [2.75, 3.05) is 0 Å². The lowest BCUT2D eigenvalue weighted by atomic mass is 9.88. The first-order valence-corrected chi connectivity index (χ1v) is 8.74. The van der Waals surface area contributed by atoms with Crippen LogP contribution in [-0.2, 0) is 9.59 Å². The maximum Gasteiger partial charge on any atom is 0.303 e. The Bertz CT molecular complexity index is 404. The number of aliphatic hydroxyl groups is 2. The molecule has 4 atom stereocenters. The highest BCUT2D eigenvalue weighted by molar-refractivity contribution is 5.84. The number of carbonyl (C=O) groups excluding carboxylic acids is 1. The average Bonchev–Trinajstić information content (AvgIpc) is 2.75. The summed E-state index contributed by atoms with van der Waals surface area (Å²) in [6.07, 6.45) is 8.12. The predicted octanol–water partition coefficient (Wildman–Crippen LogP) is 2.69. The van der Waals surface area contributed by atoms with Crippen LogP contribution in [0.5, 0.6) is 0 Å². The third-order valence-corrected chi connectivity index (χ3v) is 4.55. The second-order valence-corrected chi connectivity index (χ2v) is 6.51. The van der Waals surface area contributed by atoms with Gasteiger partial charge in [0.1, 0.15) is 5.78 Å². The number of aliphatic hydroxyl groups excluding tert-OH is 2. The van der Waals surface area contributed by atoms with Gasteiger partial charge in [-0.2, -0.15) is 0 Å².